The smallest absolute Gasteiger partial charge is 0.231 e. The summed E-state index contributed by atoms with van der Waals surface area (Å²) in [7, 11) is 3.58. The SMILES string of the molecule is CNC(C)Cc1noc(Cc2ccccc2OC)n1.Cl. The van der Waals surface area contributed by atoms with Crippen LogP contribution >= 0.6 is 12.4 Å². The molecule has 5 nitrogen and oxygen atoms in total. The minimum atomic E-state index is 0. The lowest BCUT2D eigenvalue weighted by Crippen LogP contribution is -2.24. The number of likely N-dealkylation sites (N-methyl/N-ethyl adjacent to an activating group) is 1. The Kier molecular flexibility index (Phi) is 6.48. The van der Waals surface area contributed by atoms with Gasteiger partial charge in [0.1, 0.15) is 5.75 Å². The Morgan fingerprint density at radius 2 is 2.10 bits per heavy atom. The minimum Gasteiger partial charge on any atom is -0.496 e. The van der Waals surface area contributed by atoms with E-state index in [2.05, 4.69) is 22.4 Å². The molecule has 0 radical (unpaired) electrons. The monoisotopic (exact) mass is 297 g/mol. The highest BCUT2D eigenvalue weighted by atomic mass is 35.5. The fourth-order valence-electron chi connectivity index (χ4n) is 1.83. The average Bonchev–Trinajstić information content (AvgIpc) is 2.86. The summed E-state index contributed by atoms with van der Waals surface area (Å²) in [5.74, 6) is 2.18. The molecule has 0 spiro atoms. The normalized spacial score (nSPS) is 11.8. The second-order valence-corrected chi connectivity index (χ2v) is 4.49. The van der Waals surface area contributed by atoms with Gasteiger partial charge in [-0.1, -0.05) is 23.4 Å². The van der Waals surface area contributed by atoms with Gasteiger partial charge in [-0.2, -0.15) is 4.98 Å². The van der Waals surface area contributed by atoms with E-state index in [-0.39, 0.29) is 12.4 Å². The number of hydrogen-bond acceptors (Lipinski definition) is 5. The summed E-state index contributed by atoms with van der Waals surface area (Å²) in [4.78, 5) is 4.40. The number of halogens is 1. The number of benzene rings is 1. The first kappa shape index (κ1) is 16.5. The molecule has 1 N–H and O–H groups in total. The van der Waals surface area contributed by atoms with E-state index in [9.17, 15) is 0 Å². The molecule has 0 amide bonds. The van der Waals surface area contributed by atoms with Gasteiger partial charge in [0.15, 0.2) is 5.82 Å². The third kappa shape index (κ3) is 4.21. The maximum absolute atomic E-state index is 5.31. The summed E-state index contributed by atoms with van der Waals surface area (Å²) < 4.78 is 10.6. The second kappa shape index (κ2) is 7.87. The number of nitrogens with one attached hydrogen (secondary N) is 1. The van der Waals surface area contributed by atoms with Crippen molar-refractivity contribution in [1.82, 2.24) is 15.5 Å². The molecule has 0 bridgehead atoms. The molecule has 1 unspecified atom stereocenters. The van der Waals surface area contributed by atoms with Crippen molar-refractivity contribution >= 4 is 12.4 Å². The van der Waals surface area contributed by atoms with Crippen LogP contribution in [0.15, 0.2) is 28.8 Å². The Balaban J connectivity index is 0.00000200. The van der Waals surface area contributed by atoms with E-state index >= 15 is 0 Å². The molecule has 1 atom stereocenters. The van der Waals surface area contributed by atoms with Crippen molar-refractivity contribution in [2.75, 3.05) is 14.2 Å². The number of para-hydroxylation sites is 1. The van der Waals surface area contributed by atoms with Crippen molar-refractivity contribution < 1.29 is 9.26 Å². The number of methoxy groups -OCH3 is 1. The Morgan fingerprint density at radius 3 is 2.80 bits per heavy atom. The first-order chi connectivity index (χ1) is 9.22. The lowest BCUT2D eigenvalue weighted by molar-refractivity contribution is 0.372. The van der Waals surface area contributed by atoms with Crippen LogP contribution in [0.3, 0.4) is 0 Å². The second-order valence-electron chi connectivity index (χ2n) is 4.49. The maximum Gasteiger partial charge on any atom is 0.231 e. The molecule has 1 heterocycles. The number of aromatic nitrogens is 2. The van der Waals surface area contributed by atoms with Gasteiger partial charge in [-0.15, -0.1) is 12.4 Å². The van der Waals surface area contributed by atoms with Gasteiger partial charge in [-0.05, 0) is 20.0 Å². The third-order valence-corrected chi connectivity index (χ3v) is 3.03. The van der Waals surface area contributed by atoms with Crippen LogP contribution in [0.1, 0.15) is 24.2 Å². The van der Waals surface area contributed by atoms with Crippen molar-refractivity contribution in [3.05, 3.63) is 41.5 Å². The molecule has 2 rings (SSSR count). The maximum atomic E-state index is 5.31. The van der Waals surface area contributed by atoms with Crippen LogP contribution in [-0.4, -0.2) is 30.3 Å². The van der Waals surface area contributed by atoms with E-state index in [1.807, 2.05) is 31.3 Å². The Labute approximate surface area is 125 Å². The molecule has 0 aliphatic carbocycles. The topological polar surface area (TPSA) is 60.2 Å². The van der Waals surface area contributed by atoms with Crippen molar-refractivity contribution in [3.8, 4) is 5.75 Å². The van der Waals surface area contributed by atoms with Crippen LogP contribution in [0.25, 0.3) is 0 Å². The molecule has 2 aromatic rings. The fraction of sp³-hybridized carbons (Fsp3) is 0.429. The summed E-state index contributed by atoms with van der Waals surface area (Å²) in [6.07, 6.45) is 1.34. The molecule has 1 aromatic heterocycles. The van der Waals surface area contributed by atoms with E-state index in [0.29, 0.717) is 18.4 Å². The molecule has 0 aliphatic rings. The van der Waals surface area contributed by atoms with Crippen LogP contribution in [0.4, 0.5) is 0 Å². The van der Waals surface area contributed by atoms with Gasteiger partial charge in [0.25, 0.3) is 0 Å². The zero-order chi connectivity index (χ0) is 13.7. The van der Waals surface area contributed by atoms with Gasteiger partial charge in [0.05, 0.1) is 13.5 Å². The number of rotatable bonds is 6. The molecule has 110 valence electrons. The van der Waals surface area contributed by atoms with Gasteiger partial charge < -0.3 is 14.6 Å². The van der Waals surface area contributed by atoms with E-state index in [4.69, 9.17) is 9.26 Å². The van der Waals surface area contributed by atoms with E-state index in [1.165, 1.54) is 0 Å². The third-order valence-electron chi connectivity index (χ3n) is 3.03. The lowest BCUT2D eigenvalue weighted by atomic mass is 10.1. The predicted octanol–water partition coefficient (Wildman–Crippen LogP) is 2.24. The highest BCUT2D eigenvalue weighted by Crippen LogP contribution is 2.20. The number of hydrogen-bond donors (Lipinski definition) is 1. The molecule has 20 heavy (non-hydrogen) atoms. The largest absolute Gasteiger partial charge is 0.496 e. The summed E-state index contributed by atoms with van der Waals surface area (Å²) in [6.45, 7) is 2.08. The van der Waals surface area contributed by atoms with Crippen molar-refractivity contribution in [1.29, 1.82) is 0 Å². The standard InChI is InChI=1S/C14H19N3O2.ClH/c1-10(15-2)8-13-16-14(19-17-13)9-11-6-4-5-7-12(11)18-3;/h4-7,10,15H,8-9H2,1-3H3;1H. The molecule has 0 saturated carbocycles. The van der Waals surface area contributed by atoms with E-state index in [0.717, 1.165) is 23.6 Å². The van der Waals surface area contributed by atoms with Crippen LogP contribution in [-0.2, 0) is 12.8 Å². The Morgan fingerprint density at radius 1 is 1.35 bits per heavy atom. The summed E-state index contributed by atoms with van der Waals surface area (Å²) in [5, 5.41) is 7.14. The van der Waals surface area contributed by atoms with E-state index < -0.39 is 0 Å². The molecule has 0 saturated heterocycles. The van der Waals surface area contributed by atoms with Crippen LogP contribution in [0.5, 0.6) is 5.75 Å². The molecule has 6 heteroatoms. The van der Waals surface area contributed by atoms with Gasteiger partial charge in [-0.3, -0.25) is 0 Å². The predicted molar refractivity (Wildman–Crippen MR) is 79.6 cm³/mol. The highest BCUT2D eigenvalue weighted by Gasteiger charge is 2.11. The Hall–Kier alpha value is -1.59. The van der Waals surface area contributed by atoms with Gasteiger partial charge in [0, 0.05) is 18.0 Å². The molecular formula is C14H20ClN3O2. The molecule has 0 aliphatic heterocycles. The van der Waals surface area contributed by atoms with Gasteiger partial charge >= 0.3 is 0 Å². The zero-order valence-corrected chi connectivity index (χ0v) is 12.7. The fourth-order valence-corrected chi connectivity index (χ4v) is 1.83. The summed E-state index contributed by atoms with van der Waals surface area (Å²) in [6, 6.07) is 8.17. The van der Waals surface area contributed by atoms with Crippen LogP contribution in [0.2, 0.25) is 0 Å². The average molecular weight is 298 g/mol. The molecule has 0 fully saturated rings. The molecule has 1 aromatic carbocycles. The zero-order valence-electron chi connectivity index (χ0n) is 11.9. The van der Waals surface area contributed by atoms with E-state index in [1.54, 1.807) is 7.11 Å². The molecular weight excluding hydrogens is 278 g/mol. The minimum absolute atomic E-state index is 0. The van der Waals surface area contributed by atoms with Gasteiger partial charge in [0.2, 0.25) is 5.89 Å². The van der Waals surface area contributed by atoms with Crippen molar-refractivity contribution in [2.45, 2.75) is 25.8 Å². The van der Waals surface area contributed by atoms with Crippen LogP contribution in [0, 0.1) is 0 Å². The first-order valence-electron chi connectivity index (χ1n) is 6.33. The Bertz CT molecular complexity index is 531. The van der Waals surface area contributed by atoms with Crippen LogP contribution < -0.4 is 10.1 Å². The van der Waals surface area contributed by atoms with Crippen molar-refractivity contribution in [3.63, 3.8) is 0 Å². The number of ether oxygens (including phenoxy) is 1. The van der Waals surface area contributed by atoms with Crippen molar-refractivity contribution in [2.24, 2.45) is 0 Å². The number of nitrogens with zero attached hydrogens (tertiary/aromatic N) is 2. The summed E-state index contributed by atoms with van der Waals surface area (Å²) >= 11 is 0. The first-order valence-corrected chi connectivity index (χ1v) is 6.33. The quantitative estimate of drug-likeness (QED) is 0.886. The lowest BCUT2D eigenvalue weighted by Gasteiger charge is -2.05. The van der Waals surface area contributed by atoms with Gasteiger partial charge in [-0.25, -0.2) is 0 Å². The summed E-state index contributed by atoms with van der Waals surface area (Å²) in [5.41, 5.74) is 1.04. The highest BCUT2D eigenvalue weighted by molar-refractivity contribution is 5.85.